The van der Waals surface area contributed by atoms with Gasteiger partial charge in [0.1, 0.15) is 22.5 Å². The van der Waals surface area contributed by atoms with Crippen molar-refractivity contribution < 1.29 is 29.7 Å². The first kappa shape index (κ1) is 16.3. The molecule has 0 aliphatic rings. The molecule has 0 atom stereocenters. The van der Waals surface area contributed by atoms with Crippen molar-refractivity contribution in [2.75, 3.05) is 0 Å². The predicted octanol–water partition coefficient (Wildman–Crippen LogP) is 3.78. The molecule has 4 nitrogen and oxygen atoms in total. The standard InChI is InChI=1S/C19H14N2O2.Zn/c22-16-7-5-12(14-3-1-9-20-18(14)16)11-13-6-8-17(23)19-15(13)4-2-10-21-19;/h1-10,22-23H,11H2;. The summed E-state index contributed by atoms with van der Waals surface area (Å²) in [6.07, 6.45) is 4.02. The number of aromatic hydroxyl groups is 2. The molecular formula is C19H14N2O2Zn. The van der Waals surface area contributed by atoms with Crippen LogP contribution in [0.2, 0.25) is 0 Å². The Bertz CT molecular complexity index is 951. The molecule has 0 amide bonds. The number of phenolic OH excluding ortho intramolecular Hbond substituents is 2. The van der Waals surface area contributed by atoms with Crippen molar-refractivity contribution in [1.29, 1.82) is 0 Å². The summed E-state index contributed by atoms with van der Waals surface area (Å²) in [6.45, 7) is 0. The van der Waals surface area contributed by atoms with Crippen LogP contribution in [-0.4, -0.2) is 20.2 Å². The van der Waals surface area contributed by atoms with Gasteiger partial charge < -0.3 is 10.2 Å². The van der Waals surface area contributed by atoms with Gasteiger partial charge in [-0.25, -0.2) is 0 Å². The monoisotopic (exact) mass is 366 g/mol. The van der Waals surface area contributed by atoms with E-state index in [1.165, 1.54) is 0 Å². The van der Waals surface area contributed by atoms with E-state index in [0.29, 0.717) is 17.5 Å². The molecule has 0 bridgehead atoms. The van der Waals surface area contributed by atoms with Crippen LogP contribution < -0.4 is 0 Å². The van der Waals surface area contributed by atoms with E-state index in [-0.39, 0.29) is 31.0 Å². The van der Waals surface area contributed by atoms with Gasteiger partial charge >= 0.3 is 0 Å². The zero-order valence-corrected chi connectivity index (χ0v) is 15.9. The van der Waals surface area contributed by atoms with Gasteiger partial charge in [-0.1, -0.05) is 24.3 Å². The normalized spacial score (nSPS) is 10.7. The molecule has 2 N–H and O–H groups in total. The summed E-state index contributed by atoms with van der Waals surface area (Å²) >= 11 is 0. The van der Waals surface area contributed by atoms with Crippen molar-refractivity contribution in [3.05, 3.63) is 72.1 Å². The Labute approximate surface area is 151 Å². The zero-order chi connectivity index (χ0) is 15.8. The number of fused-ring (bicyclic) bond motifs is 2. The summed E-state index contributed by atoms with van der Waals surface area (Å²) in [6, 6.07) is 14.8. The van der Waals surface area contributed by atoms with E-state index in [1.54, 1.807) is 24.5 Å². The molecule has 4 rings (SSSR count). The molecule has 0 aliphatic carbocycles. The van der Waals surface area contributed by atoms with Crippen LogP contribution in [0.3, 0.4) is 0 Å². The molecule has 0 spiro atoms. The van der Waals surface area contributed by atoms with Gasteiger partial charge in [0, 0.05) is 42.6 Å². The summed E-state index contributed by atoms with van der Waals surface area (Å²) in [4.78, 5) is 8.51. The molecule has 0 fully saturated rings. The number of rotatable bonds is 2. The minimum atomic E-state index is 0. The number of hydrogen-bond donors (Lipinski definition) is 2. The van der Waals surface area contributed by atoms with Gasteiger partial charge in [0.05, 0.1) is 0 Å². The molecule has 4 aromatic rings. The summed E-state index contributed by atoms with van der Waals surface area (Å²) < 4.78 is 0. The van der Waals surface area contributed by atoms with Crippen molar-refractivity contribution in [3.63, 3.8) is 0 Å². The molecule has 5 heteroatoms. The first-order chi connectivity index (χ1) is 11.2. The van der Waals surface area contributed by atoms with Crippen LogP contribution in [0.25, 0.3) is 21.8 Å². The molecule has 0 aliphatic heterocycles. The Morgan fingerprint density at radius 3 is 1.58 bits per heavy atom. The Morgan fingerprint density at radius 1 is 0.667 bits per heavy atom. The molecule has 2 heterocycles. The molecule has 0 saturated carbocycles. The average Bonchev–Trinajstić information content (AvgIpc) is 2.60. The minimum absolute atomic E-state index is 0. The van der Waals surface area contributed by atoms with Crippen LogP contribution in [0, 0.1) is 0 Å². The maximum Gasteiger partial charge on any atom is 0.141 e. The van der Waals surface area contributed by atoms with E-state index < -0.39 is 0 Å². The number of benzene rings is 2. The fraction of sp³-hybridized carbons (Fsp3) is 0.0526. The zero-order valence-electron chi connectivity index (χ0n) is 13.0. The van der Waals surface area contributed by atoms with Gasteiger partial charge in [-0.05, 0) is 41.8 Å². The molecule has 0 radical (unpaired) electrons. The smallest absolute Gasteiger partial charge is 0.141 e. The third-order valence-corrected chi connectivity index (χ3v) is 4.06. The van der Waals surface area contributed by atoms with Crippen LogP contribution in [0.15, 0.2) is 60.9 Å². The average molecular weight is 368 g/mol. The topological polar surface area (TPSA) is 66.2 Å². The third kappa shape index (κ3) is 2.72. The molecule has 2 aromatic carbocycles. The van der Waals surface area contributed by atoms with Gasteiger partial charge in [0.2, 0.25) is 0 Å². The van der Waals surface area contributed by atoms with Gasteiger partial charge in [-0.3, -0.25) is 9.97 Å². The molecule has 0 unspecified atom stereocenters. The van der Waals surface area contributed by atoms with Crippen LogP contribution in [0.5, 0.6) is 11.5 Å². The minimum Gasteiger partial charge on any atom is -0.506 e. The Balaban J connectivity index is 0.00000169. The summed E-state index contributed by atoms with van der Waals surface area (Å²) in [5.41, 5.74) is 3.35. The fourth-order valence-corrected chi connectivity index (χ4v) is 2.95. The van der Waals surface area contributed by atoms with Gasteiger partial charge in [0.25, 0.3) is 0 Å². The summed E-state index contributed by atoms with van der Waals surface area (Å²) in [7, 11) is 0. The summed E-state index contributed by atoms with van der Waals surface area (Å²) in [5.74, 6) is 0.364. The van der Waals surface area contributed by atoms with E-state index in [2.05, 4.69) is 9.97 Å². The Kier molecular flexibility index (Phi) is 4.45. The molecular weight excluding hydrogens is 354 g/mol. The van der Waals surface area contributed by atoms with E-state index in [9.17, 15) is 10.2 Å². The molecule has 24 heavy (non-hydrogen) atoms. The van der Waals surface area contributed by atoms with Gasteiger partial charge in [-0.2, -0.15) is 0 Å². The fourth-order valence-electron chi connectivity index (χ4n) is 2.95. The quantitative estimate of drug-likeness (QED) is 0.529. The number of pyridine rings is 2. The number of nitrogens with zero attached hydrogens (tertiary/aromatic N) is 2. The SMILES string of the molecule is Oc1ccc(Cc2ccc(O)c3ncccc23)c2cccnc12.[Zn]. The van der Waals surface area contributed by atoms with Crippen LogP contribution in [0.4, 0.5) is 0 Å². The number of aromatic nitrogens is 2. The van der Waals surface area contributed by atoms with Crippen LogP contribution >= 0.6 is 0 Å². The Hall–Kier alpha value is -2.52. The second kappa shape index (κ2) is 6.54. The van der Waals surface area contributed by atoms with Gasteiger partial charge in [-0.15, -0.1) is 0 Å². The van der Waals surface area contributed by atoms with Crippen molar-refractivity contribution in [2.45, 2.75) is 6.42 Å². The van der Waals surface area contributed by atoms with Crippen molar-refractivity contribution in [2.24, 2.45) is 0 Å². The van der Waals surface area contributed by atoms with Crippen molar-refractivity contribution in [1.82, 2.24) is 9.97 Å². The maximum atomic E-state index is 9.96. The molecule has 2 aromatic heterocycles. The molecule has 0 saturated heterocycles. The van der Waals surface area contributed by atoms with E-state index >= 15 is 0 Å². The maximum absolute atomic E-state index is 9.96. The second-order valence-electron chi connectivity index (χ2n) is 5.46. The largest absolute Gasteiger partial charge is 0.506 e. The van der Waals surface area contributed by atoms with E-state index in [1.807, 2.05) is 36.4 Å². The van der Waals surface area contributed by atoms with Gasteiger partial charge in [0.15, 0.2) is 0 Å². The number of phenols is 2. The first-order valence-corrected chi connectivity index (χ1v) is 7.35. The third-order valence-electron chi connectivity index (χ3n) is 4.06. The van der Waals surface area contributed by atoms with Crippen molar-refractivity contribution in [3.8, 4) is 11.5 Å². The van der Waals surface area contributed by atoms with Crippen LogP contribution in [-0.2, 0) is 25.9 Å². The number of hydrogen-bond acceptors (Lipinski definition) is 4. The first-order valence-electron chi connectivity index (χ1n) is 7.35. The second-order valence-corrected chi connectivity index (χ2v) is 5.46. The van der Waals surface area contributed by atoms with E-state index in [0.717, 1.165) is 21.9 Å². The summed E-state index contributed by atoms with van der Waals surface area (Å²) in [5, 5.41) is 21.8. The predicted molar refractivity (Wildman–Crippen MR) is 89.6 cm³/mol. The molecule has 114 valence electrons. The van der Waals surface area contributed by atoms with Crippen molar-refractivity contribution >= 4 is 21.8 Å². The van der Waals surface area contributed by atoms with Crippen LogP contribution in [0.1, 0.15) is 11.1 Å². The Morgan fingerprint density at radius 2 is 1.12 bits per heavy atom. The van der Waals surface area contributed by atoms with E-state index in [4.69, 9.17) is 0 Å².